The number of pyridine rings is 1. The summed E-state index contributed by atoms with van der Waals surface area (Å²) in [6, 6.07) is 66.2. The first kappa shape index (κ1) is 34.8. The van der Waals surface area contributed by atoms with Crippen molar-refractivity contribution < 1.29 is 4.74 Å². The average molecular weight is 760 g/mol. The lowest BCUT2D eigenvalue weighted by Gasteiger charge is -2.26. The lowest BCUT2D eigenvalue weighted by Crippen LogP contribution is -2.14. The molecular formula is C55H41N3O. The fourth-order valence-corrected chi connectivity index (χ4v) is 9.33. The van der Waals surface area contributed by atoms with Crippen LogP contribution >= 0.6 is 0 Å². The van der Waals surface area contributed by atoms with Crippen molar-refractivity contribution in [2.75, 3.05) is 12.0 Å². The molecular weight excluding hydrogens is 719 g/mol. The molecule has 1 aliphatic carbocycles. The largest absolute Gasteiger partial charge is 0.497 e. The van der Waals surface area contributed by atoms with E-state index in [1.807, 2.05) is 24.5 Å². The van der Waals surface area contributed by atoms with Crippen LogP contribution in [-0.2, 0) is 5.41 Å². The van der Waals surface area contributed by atoms with Crippen molar-refractivity contribution in [1.29, 1.82) is 0 Å². The third kappa shape index (κ3) is 5.71. The standard InChI is InChI=1S/C55H41N3O/c1-55(2)51-13-7-6-12-47(51)48-27-20-41(32-52(48)55)38-18-23-43(24-19-38)57(42-21-16-37(17-22-42)40-15-14-36-9-4-5-10-39(36)31-40)44-25-28-53-49(33-44)50-34-46(59-3)26-29-54(50)58(53)45-11-8-30-56-35-45/h4-35H,1-3H3. The van der Waals surface area contributed by atoms with Crippen LogP contribution in [0, 0.1) is 0 Å². The molecule has 0 N–H and O–H groups in total. The van der Waals surface area contributed by atoms with Crippen molar-refractivity contribution in [3.05, 3.63) is 206 Å². The molecule has 2 aromatic heterocycles. The Morgan fingerprint density at radius 3 is 1.83 bits per heavy atom. The van der Waals surface area contributed by atoms with Gasteiger partial charge in [-0.25, -0.2) is 0 Å². The fraction of sp³-hybridized carbons (Fsp3) is 0.0727. The van der Waals surface area contributed by atoms with Gasteiger partial charge in [0.2, 0.25) is 0 Å². The number of ether oxygens (including phenoxy) is 1. The zero-order valence-corrected chi connectivity index (χ0v) is 33.2. The molecule has 8 aromatic carbocycles. The van der Waals surface area contributed by atoms with E-state index in [9.17, 15) is 0 Å². The summed E-state index contributed by atoms with van der Waals surface area (Å²) in [5.41, 5.74) is 16.6. The van der Waals surface area contributed by atoms with Gasteiger partial charge in [0.1, 0.15) is 5.75 Å². The van der Waals surface area contributed by atoms with Gasteiger partial charge in [0.25, 0.3) is 0 Å². The number of anilines is 3. The zero-order chi connectivity index (χ0) is 39.7. The van der Waals surface area contributed by atoms with Crippen molar-refractivity contribution >= 4 is 49.6 Å². The van der Waals surface area contributed by atoms with Gasteiger partial charge in [-0.05, 0) is 140 Å². The molecule has 4 nitrogen and oxygen atoms in total. The van der Waals surface area contributed by atoms with Gasteiger partial charge in [-0.3, -0.25) is 4.98 Å². The molecule has 10 aromatic rings. The van der Waals surface area contributed by atoms with Crippen molar-refractivity contribution in [2.24, 2.45) is 0 Å². The fourth-order valence-electron chi connectivity index (χ4n) is 9.33. The summed E-state index contributed by atoms with van der Waals surface area (Å²) >= 11 is 0. The molecule has 59 heavy (non-hydrogen) atoms. The molecule has 0 atom stereocenters. The highest BCUT2D eigenvalue weighted by Gasteiger charge is 2.35. The minimum atomic E-state index is -0.0551. The molecule has 2 heterocycles. The molecule has 282 valence electrons. The third-order valence-electron chi connectivity index (χ3n) is 12.4. The van der Waals surface area contributed by atoms with Gasteiger partial charge in [-0.15, -0.1) is 0 Å². The van der Waals surface area contributed by atoms with Gasteiger partial charge >= 0.3 is 0 Å². The summed E-state index contributed by atoms with van der Waals surface area (Å²) in [6.07, 6.45) is 3.74. The van der Waals surface area contributed by atoms with Gasteiger partial charge in [-0.2, -0.15) is 0 Å². The van der Waals surface area contributed by atoms with Crippen LogP contribution in [0.2, 0.25) is 0 Å². The van der Waals surface area contributed by atoms with Crippen molar-refractivity contribution in [1.82, 2.24) is 9.55 Å². The van der Waals surface area contributed by atoms with Gasteiger partial charge < -0.3 is 14.2 Å². The first-order valence-corrected chi connectivity index (χ1v) is 20.2. The maximum Gasteiger partial charge on any atom is 0.119 e. The van der Waals surface area contributed by atoms with Gasteiger partial charge in [0.05, 0.1) is 30.0 Å². The molecule has 0 fully saturated rings. The number of fused-ring (bicyclic) bond motifs is 7. The molecule has 0 unspecified atom stereocenters. The minimum Gasteiger partial charge on any atom is -0.497 e. The van der Waals surface area contributed by atoms with Gasteiger partial charge in [0.15, 0.2) is 0 Å². The number of rotatable bonds is 7. The molecule has 0 saturated carbocycles. The minimum absolute atomic E-state index is 0.0551. The molecule has 0 aliphatic heterocycles. The Labute approximate surface area is 344 Å². The second-order valence-corrected chi connectivity index (χ2v) is 16.1. The summed E-state index contributed by atoms with van der Waals surface area (Å²) in [6.45, 7) is 4.68. The molecule has 0 radical (unpaired) electrons. The Bertz CT molecular complexity index is 3220. The topological polar surface area (TPSA) is 30.3 Å². The molecule has 4 heteroatoms. The average Bonchev–Trinajstić information content (AvgIpc) is 3.74. The van der Waals surface area contributed by atoms with E-state index in [2.05, 4.69) is 198 Å². The van der Waals surface area contributed by atoms with Crippen LogP contribution in [0.15, 0.2) is 194 Å². The van der Waals surface area contributed by atoms with Crippen molar-refractivity contribution in [2.45, 2.75) is 19.3 Å². The second-order valence-electron chi connectivity index (χ2n) is 16.1. The summed E-state index contributed by atoms with van der Waals surface area (Å²) in [5, 5.41) is 4.74. The number of methoxy groups -OCH3 is 1. The molecule has 0 spiro atoms. The van der Waals surface area contributed by atoms with E-state index in [1.54, 1.807) is 7.11 Å². The Morgan fingerprint density at radius 1 is 0.492 bits per heavy atom. The lowest BCUT2D eigenvalue weighted by molar-refractivity contribution is 0.415. The molecule has 1 aliphatic rings. The van der Waals surface area contributed by atoms with E-state index in [-0.39, 0.29) is 5.41 Å². The Morgan fingerprint density at radius 2 is 1.10 bits per heavy atom. The summed E-state index contributed by atoms with van der Waals surface area (Å²) in [4.78, 5) is 6.83. The quantitative estimate of drug-likeness (QED) is 0.162. The molecule has 0 bridgehead atoms. The summed E-state index contributed by atoms with van der Waals surface area (Å²) in [5.74, 6) is 0.823. The van der Waals surface area contributed by atoms with E-state index in [1.165, 1.54) is 55.3 Å². The molecule has 11 rings (SSSR count). The van der Waals surface area contributed by atoms with E-state index in [0.29, 0.717) is 0 Å². The first-order valence-electron chi connectivity index (χ1n) is 20.2. The predicted molar refractivity (Wildman–Crippen MR) is 246 cm³/mol. The third-order valence-corrected chi connectivity index (χ3v) is 12.4. The van der Waals surface area contributed by atoms with E-state index in [4.69, 9.17) is 4.74 Å². The highest BCUT2D eigenvalue weighted by molar-refractivity contribution is 6.11. The van der Waals surface area contributed by atoms with Gasteiger partial charge in [0, 0.05) is 39.4 Å². The van der Waals surface area contributed by atoms with Crippen LogP contribution in [0.1, 0.15) is 25.0 Å². The molecule has 0 amide bonds. The SMILES string of the molecule is COc1ccc2c(c1)c1cc(N(c3ccc(-c4ccc5c(c4)C(C)(C)c4ccccc4-5)cc3)c3ccc(-c4ccc5ccccc5c4)cc3)ccc1n2-c1cccnc1. The highest BCUT2D eigenvalue weighted by Crippen LogP contribution is 2.50. The Kier molecular flexibility index (Phi) is 8.02. The number of hydrogen-bond donors (Lipinski definition) is 0. The van der Waals surface area contributed by atoms with Gasteiger partial charge in [-0.1, -0.05) is 111 Å². The van der Waals surface area contributed by atoms with E-state index < -0.39 is 0 Å². The maximum absolute atomic E-state index is 5.74. The highest BCUT2D eigenvalue weighted by atomic mass is 16.5. The van der Waals surface area contributed by atoms with Crippen LogP contribution in [-0.4, -0.2) is 16.7 Å². The number of hydrogen-bond acceptors (Lipinski definition) is 3. The van der Waals surface area contributed by atoms with E-state index >= 15 is 0 Å². The normalized spacial score (nSPS) is 12.8. The predicted octanol–water partition coefficient (Wildman–Crippen LogP) is 14.5. The zero-order valence-electron chi connectivity index (χ0n) is 33.2. The van der Waals surface area contributed by atoms with Crippen molar-refractivity contribution in [3.63, 3.8) is 0 Å². The smallest absolute Gasteiger partial charge is 0.119 e. The Balaban J connectivity index is 1.04. The molecule has 0 saturated heterocycles. The van der Waals surface area contributed by atoms with E-state index in [0.717, 1.165) is 50.3 Å². The second kappa shape index (κ2) is 13.6. The van der Waals surface area contributed by atoms with Crippen LogP contribution < -0.4 is 9.64 Å². The van der Waals surface area contributed by atoms with Crippen LogP contribution in [0.3, 0.4) is 0 Å². The van der Waals surface area contributed by atoms with Crippen LogP contribution in [0.5, 0.6) is 5.75 Å². The lowest BCUT2D eigenvalue weighted by atomic mass is 9.81. The monoisotopic (exact) mass is 759 g/mol. The number of nitrogens with zero attached hydrogens (tertiary/aromatic N) is 3. The summed E-state index contributed by atoms with van der Waals surface area (Å²) in [7, 11) is 1.72. The van der Waals surface area contributed by atoms with Crippen LogP contribution in [0.25, 0.3) is 71.6 Å². The summed E-state index contributed by atoms with van der Waals surface area (Å²) < 4.78 is 8.03. The number of benzene rings is 8. The number of aromatic nitrogens is 2. The van der Waals surface area contributed by atoms with Crippen LogP contribution in [0.4, 0.5) is 17.1 Å². The maximum atomic E-state index is 5.74. The van der Waals surface area contributed by atoms with Crippen molar-refractivity contribution in [3.8, 4) is 44.8 Å². The first-order chi connectivity index (χ1) is 28.9. The Hall–Kier alpha value is -7.43.